The second-order valence-corrected chi connectivity index (χ2v) is 7.74. The van der Waals surface area contributed by atoms with Crippen LogP contribution in [-0.2, 0) is 11.5 Å². The molecule has 0 saturated heterocycles. The Morgan fingerprint density at radius 2 is 1.43 bits per heavy atom. The van der Waals surface area contributed by atoms with Gasteiger partial charge in [-0.2, -0.15) is 16.9 Å². The van der Waals surface area contributed by atoms with Crippen molar-refractivity contribution >= 4 is 35.0 Å². The van der Waals surface area contributed by atoms with Crippen molar-refractivity contribution < 1.29 is 4.79 Å². The Bertz CT molecular complexity index is 939. The number of hydrogen-bond acceptors (Lipinski definition) is 3. The standard InChI is InChI=1S/C23H21ClN2OS/c1-17(20-11-13-22(24)14-12-20)25-26-23(27)21-9-7-19(8-10-21)16-28-15-18-5-3-2-4-6-18/h2-14H,15-16H2,1H3,(H,26,27)/b25-17-. The molecule has 0 bridgehead atoms. The van der Waals surface area contributed by atoms with Crippen molar-refractivity contribution in [2.75, 3.05) is 0 Å². The van der Waals surface area contributed by atoms with Crippen molar-refractivity contribution in [2.24, 2.45) is 5.10 Å². The van der Waals surface area contributed by atoms with Crippen LogP contribution in [0.5, 0.6) is 0 Å². The normalized spacial score (nSPS) is 11.3. The van der Waals surface area contributed by atoms with E-state index in [2.05, 4.69) is 34.8 Å². The van der Waals surface area contributed by atoms with E-state index in [1.807, 2.05) is 61.2 Å². The topological polar surface area (TPSA) is 41.5 Å². The van der Waals surface area contributed by atoms with Crippen LogP contribution in [0.3, 0.4) is 0 Å². The van der Waals surface area contributed by atoms with Gasteiger partial charge in [0.2, 0.25) is 0 Å². The first-order chi connectivity index (χ1) is 13.6. The highest BCUT2D eigenvalue weighted by Gasteiger charge is 2.05. The molecule has 0 spiro atoms. The molecule has 1 N–H and O–H groups in total. The summed E-state index contributed by atoms with van der Waals surface area (Å²) in [6.45, 7) is 1.84. The maximum atomic E-state index is 12.3. The van der Waals surface area contributed by atoms with Crippen molar-refractivity contribution in [2.45, 2.75) is 18.4 Å². The number of nitrogens with zero attached hydrogens (tertiary/aromatic N) is 1. The quantitative estimate of drug-likeness (QED) is 0.389. The van der Waals surface area contributed by atoms with Crippen LogP contribution in [0, 0.1) is 0 Å². The number of hydrazone groups is 1. The van der Waals surface area contributed by atoms with Gasteiger partial charge in [-0.05, 0) is 47.9 Å². The van der Waals surface area contributed by atoms with Crippen LogP contribution in [0.15, 0.2) is 84.0 Å². The van der Waals surface area contributed by atoms with Crippen molar-refractivity contribution in [3.63, 3.8) is 0 Å². The van der Waals surface area contributed by atoms with Gasteiger partial charge in [-0.3, -0.25) is 4.79 Å². The van der Waals surface area contributed by atoms with E-state index >= 15 is 0 Å². The fraction of sp³-hybridized carbons (Fsp3) is 0.130. The number of amides is 1. The molecule has 3 aromatic rings. The summed E-state index contributed by atoms with van der Waals surface area (Å²) in [5, 5.41) is 4.84. The maximum Gasteiger partial charge on any atom is 0.271 e. The zero-order valence-corrected chi connectivity index (χ0v) is 17.1. The molecule has 0 atom stereocenters. The summed E-state index contributed by atoms with van der Waals surface area (Å²) in [5.41, 5.74) is 7.34. The Balaban J connectivity index is 1.51. The number of halogens is 1. The highest BCUT2D eigenvalue weighted by atomic mass is 35.5. The van der Waals surface area contributed by atoms with Gasteiger partial charge in [0.1, 0.15) is 0 Å². The number of carbonyl (C=O) groups excluding carboxylic acids is 1. The predicted octanol–water partition coefficient (Wildman–Crippen LogP) is 5.93. The Morgan fingerprint density at radius 1 is 0.857 bits per heavy atom. The Kier molecular flexibility index (Phi) is 7.29. The number of hydrogen-bond donors (Lipinski definition) is 1. The summed E-state index contributed by atoms with van der Waals surface area (Å²) in [6.07, 6.45) is 0. The van der Waals surface area contributed by atoms with E-state index in [4.69, 9.17) is 11.6 Å². The van der Waals surface area contributed by atoms with Crippen LogP contribution in [0.25, 0.3) is 0 Å². The molecule has 0 heterocycles. The maximum absolute atomic E-state index is 12.3. The van der Waals surface area contributed by atoms with Gasteiger partial charge in [-0.1, -0.05) is 66.2 Å². The summed E-state index contributed by atoms with van der Waals surface area (Å²) in [4.78, 5) is 12.3. The molecular weight excluding hydrogens is 388 g/mol. The van der Waals surface area contributed by atoms with Gasteiger partial charge in [-0.15, -0.1) is 0 Å². The summed E-state index contributed by atoms with van der Waals surface area (Å²) in [6, 6.07) is 25.4. The SMILES string of the molecule is C/C(=N/NC(=O)c1ccc(CSCc2ccccc2)cc1)c1ccc(Cl)cc1. The minimum atomic E-state index is -0.225. The second kappa shape index (κ2) is 10.1. The Labute approximate surface area is 174 Å². The van der Waals surface area contributed by atoms with E-state index in [-0.39, 0.29) is 5.91 Å². The average molecular weight is 409 g/mol. The molecule has 0 radical (unpaired) electrons. The van der Waals surface area contributed by atoms with Gasteiger partial charge < -0.3 is 0 Å². The first-order valence-electron chi connectivity index (χ1n) is 8.93. The minimum Gasteiger partial charge on any atom is -0.267 e. The zero-order valence-electron chi connectivity index (χ0n) is 15.6. The predicted molar refractivity (Wildman–Crippen MR) is 119 cm³/mol. The molecule has 1 amide bonds. The summed E-state index contributed by atoms with van der Waals surface area (Å²) < 4.78 is 0. The molecule has 0 fully saturated rings. The smallest absolute Gasteiger partial charge is 0.267 e. The van der Waals surface area contributed by atoms with Crippen LogP contribution < -0.4 is 5.43 Å². The number of carbonyl (C=O) groups is 1. The number of benzene rings is 3. The molecular formula is C23H21ClN2OS. The first-order valence-corrected chi connectivity index (χ1v) is 10.5. The molecule has 142 valence electrons. The minimum absolute atomic E-state index is 0.225. The molecule has 0 saturated carbocycles. The molecule has 3 nitrogen and oxygen atoms in total. The van der Waals surface area contributed by atoms with Gasteiger partial charge in [0.15, 0.2) is 0 Å². The average Bonchev–Trinajstić information content (AvgIpc) is 2.73. The third-order valence-corrected chi connectivity index (χ3v) is 5.51. The van der Waals surface area contributed by atoms with Gasteiger partial charge in [0.25, 0.3) is 5.91 Å². The van der Waals surface area contributed by atoms with Crippen molar-refractivity contribution in [3.8, 4) is 0 Å². The lowest BCUT2D eigenvalue weighted by molar-refractivity contribution is 0.0955. The van der Waals surface area contributed by atoms with E-state index in [1.165, 1.54) is 11.1 Å². The third-order valence-electron chi connectivity index (χ3n) is 4.18. The number of nitrogens with one attached hydrogen (secondary N) is 1. The molecule has 0 aliphatic heterocycles. The van der Waals surface area contributed by atoms with Gasteiger partial charge >= 0.3 is 0 Å². The molecule has 0 aliphatic carbocycles. The van der Waals surface area contributed by atoms with E-state index in [0.717, 1.165) is 22.8 Å². The molecule has 3 aromatic carbocycles. The van der Waals surface area contributed by atoms with Crippen molar-refractivity contribution in [1.29, 1.82) is 0 Å². The van der Waals surface area contributed by atoms with Crippen LogP contribution in [-0.4, -0.2) is 11.6 Å². The second-order valence-electron chi connectivity index (χ2n) is 6.32. The van der Waals surface area contributed by atoms with Crippen LogP contribution in [0.2, 0.25) is 5.02 Å². The van der Waals surface area contributed by atoms with Crippen LogP contribution >= 0.6 is 23.4 Å². The van der Waals surface area contributed by atoms with Crippen LogP contribution in [0.4, 0.5) is 0 Å². The number of thioether (sulfide) groups is 1. The Hall–Kier alpha value is -2.56. The monoisotopic (exact) mass is 408 g/mol. The molecule has 28 heavy (non-hydrogen) atoms. The van der Waals surface area contributed by atoms with E-state index in [9.17, 15) is 4.79 Å². The van der Waals surface area contributed by atoms with Gasteiger partial charge in [0.05, 0.1) is 5.71 Å². The lowest BCUT2D eigenvalue weighted by Gasteiger charge is -2.05. The summed E-state index contributed by atoms with van der Waals surface area (Å²) in [7, 11) is 0. The lowest BCUT2D eigenvalue weighted by atomic mass is 10.1. The van der Waals surface area contributed by atoms with Gasteiger partial charge in [-0.25, -0.2) is 5.43 Å². The van der Waals surface area contributed by atoms with E-state index in [1.54, 1.807) is 12.1 Å². The summed E-state index contributed by atoms with van der Waals surface area (Å²) in [5.74, 6) is 1.66. The fourth-order valence-electron chi connectivity index (χ4n) is 2.57. The first kappa shape index (κ1) is 20.2. The molecule has 0 aromatic heterocycles. The van der Waals surface area contributed by atoms with Crippen molar-refractivity contribution in [1.82, 2.24) is 5.43 Å². The highest BCUT2D eigenvalue weighted by Crippen LogP contribution is 2.18. The molecule has 0 unspecified atom stereocenters. The number of rotatable bonds is 7. The molecule has 0 aliphatic rings. The fourth-order valence-corrected chi connectivity index (χ4v) is 3.65. The van der Waals surface area contributed by atoms with E-state index in [0.29, 0.717) is 10.6 Å². The van der Waals surface area contributed by atoms with Crippen molar-refractivity contribution in [3.05, 3.63) is 106 Å². The van der Waals surface area contributed by atoms with E-state index < -0.39 is 0 Å². The molecule has 5 heteroatoms. The zero-order chi connectivity index (χ0) is 19.8. The lowest BCUT2D eigenvalue weighted by Crippen LogP contribution is -2.19. The van der Waals surface area contributed by atoms with Gasteiger partial charge in [0, 0.05) is 22.1 Å². The molecule has 3 rings (SSSR count). The third kappa shape index (κ3) is 5.98. The van der Waals surface area contributed by atoms with Crippen LogP contribution in [0.1, 0.15) is 34.0 Å². The summed E-state index contributed by atoms with van der Waals surface area (Å²) >= 11 is 7.74. The Morgan fingerprint density at radius 3 is 2.07 bits per heavy atom. The highest BCUT2D eigenvalue weighted by molar-refractivity contribution is 7.97. The largest absolute Gasteiger partial charge is 0.271 e.